The van der Waals surface area contributed by atoms with E-state index in [-0.39, 0.29) is 5.91 Å². The lowest BCUT2D eigenvalue weighted by molar-refractivity contribution is 0.102. The first-order valence-electron chi connectivity index (χ1n) is 6.47. The van der Waals surface area contributed by atoms with Crippen molar-refractivity contribution in [1.29, 1.82) is 0 Å². The topological polar surface area (TPSA) is 75.1 Å². The van der Waals surface area contributed by atoms with Gasteiger partial charge in [-0.25, -0.2) is 4.98 Å². The van der Waals surface area contributed by atoms with Crippen molar-refractivity contribution >= 4 is 28.1 Å². The third kappa shape index (κ3) is 1.93. The Morgan fingerprint density at radius 3 is 3.10 bits per heavy atom. The number of nitrogens with one attached hydrogen (secondary N) is 2. The predicted octanol–water partition coefficient (Wildman–Crippen LogP) is 2.46. The van der Waals surface area contributed by atoms with Crippen LogP contribution >= 0.6 is 0 Å². The first-order valence-corrected chi connectivity index (χ1v) is 6.47. The number of hydrogen-bond acceptors (Lipinski definition) is 3. The minimum absolute atomic E-state index is 0.198. The molecule has 0 aliphatic carbocycles. The predicted molar refractivity (Wildman–Crippen MR) is 79.2 cm³/mol. The number of hydrogen-bond donors (Lipinski definition) is 2. The van der Waals surface area contributed by atoms with Gasteiger partial charge in [0.15, 0.2) is 5.82 Å². The molecule has 21 heavy (non-hydrogen) atoms. The summed E-state index contributed by atoms with van der Waals surface area (Å²) < 4.78 is 1.85. The van der Waals surface area contributed by atoms with Gasteiger partial charge in [0.05, 0.1) is 23.6 Å². The van der Waals surface area contributed by atoms with Crippen molar-refractivity contribution in [2.75, 3.05) is 5.32 Å². The maximum absolute atomic E-state index is 12.3. The quantitative estimate of drug-likeness (QED) is 0.591. The van der Waals surface area contributed by atoms with Crippen LogP contribution in [0.4, 0.5) is 5.82 Å². The Morgan fingerprint density at radius 2 is 2.14 bits per heavy atom. The lowest BCUT2D eigenvalue weighted by Crippen LogP contribution is -2.12. The molecule has 0 atom stereocenters. The molecule has 6 heteroatoms. The highest BCUT2D eigenvalue weighted by molar-refractivity contribution is 6.08. The number of amides is 1. The van der Waals surface area contributed by atoms with E-state index in [9.17, 15) is 4.79 Å². The number of benzene rings is 1. The van der Waals surface area contributed by atoms with Crippen molar-refractivity contribution in [3.8, 4) is 0 Å². The van der Waals surface area contributed by atoms with Gasteiger partial charge in [0.1, 0.15) is 0 Å². The molecule has 3 heterocycles. The number of pyridine rings is 1. The third-order valence-electron chi connectivity index (χ3n) is 3.38. The zero-order chi connectivity index (χ0) is 14.2. The summed E-state index contributed by atoms with van der Waals surface area (Å²) in [5.74, 6) is 0.333. The number of nitrogens with zero attached hydrogens (tertiary/aromatic N) is 3. The van der Waals surface area contributed by atoms with Crippen LogP contribution in [0.25, 0.3) is 16.4 Å². The maximum Gasteiger partial charge on any atom is 0.257 e. The van der Waals surface area contributed by atoms with Gasteiger partial charge in [0.2, 0.25) is 0 Å². The molecule has 1 amide bonds. The number of carbonyl (C=O) groups excluding carboxylic acids is 1. The largest absolute Gasteiger partial charge is 0.306 e. The van der Waals surface area contributed by atoms with Gasteiger partial charge >= 0.3 is 0 Å². The molecule has 2 N–H and O–H groups in total. The fraction of sp³-hybridized carbons (Fsp3) is 0. The minimum Gasteiger partial charge on any atom is -0.306 e. The highest BCUT2D eigenvalue weighted by Crippen LogP contribution is 2.20. The van der Waals surface area contributed by atoms with E-state index in [1.54, 1.807) is 30.9 Å². The van der Waals surface area contributed by atoms with Gasteiger partial charge in [-0.3, -0.25) is 9.89 Å². The second kappa shape index (κ2) is 4.45. The Labute approximate surface area is 119 Å². The van der Waals surface area contributed by atoms with Gasteiger partial charge in [0.25, 0.3) is 5.91 Å². The summed E-state index contributed by atoms with van der Waals surface area (Å²) in [5.41, 5.74) is 2.32. The molecule has 0 aliphatic heterocycles. The third-order valence-corrected chi connectivity index (χ3v) is 3.38. The lowest BCUT2D eigenvalue weighted by atomic mass is 10.2. The molecule has 0 unspecified atom stereocenters. The van der Waals surface area contributed by atoms with E-state index >= 15 is 0 Å². The fourth-order valence-electron chi connectivity index (χ4n) is 2.30. The van der Waals surface area contributed by atoms with Gasteiger partial charge in [0, 0.05) is 17.1 Å². The molecule has 0 fully saturated rings. The number of para-hydroxylation sites is 1. The van der Waals surface area contributed by atoms with Crippen LogP contribution in [0.5, 0.6) is 0 Å². The molecule has 0 radical (unpaired) electrons. The van der Waals surface area contributed by atoms with Crippen molar-refractivity contribution in [3.05, 3.63) is 60.7 Å². The molecule has 6 nitrogen and oxygen atoms in total. The summed E-state index contributed by atoms with van der Waals surface area (Å²) in [6.45, 7) is 0. The first-order chi connectivity index (χ1) is 10.3. The van der Waals surface area contributed by atoms with Crippen molar-refractivity contribution in [3.63, 3.8) is 0 Å². The summed E-state index contributed by atoms with van der Waals surface area (Å²) >= 11 is 0. The van der Waals surface area contributed by atoms with E-state index in [4.69, 9.17) is 0 Å². The molecular formula is C15H11N5O. The van der Waals surface area contributed by atoms with E-state index in [0.717, 1.165) is 16.4 Å². The highest BCUT2D eigenvalue weighted by Gasteiger charge is 2.11. The van der Waals surface area contributed by atoms with Gasteiger partial charge in [-0.15, -0.1) is 0 Å². The van der Waals surface area contributed by atoms with Crippen LogP contribution in [0.3, 0.4) is 0 Å². The highest BCUT2D eigenvalue weighted by atomic mass is 16.1. The number of fused-ring (bicyclic) bond motifs is 2. The number of imidazole rings is 1. The Bertz CT molecular complexity index is 953. The number of anilines is 1. The SMILES string of the molecule is O=C(Nc1n[nH]c2ccccc12)c1ccn2cncc2c1. The Kier molecular flexibility index (Phi) is 2.47. The normalized spacial score (nSPS) is 11.0. The summed E-state index contributed by atoms with van der Waals surface area (Å²) in [5, 5.41) is 10.7. The zero-order valence-electron chi connectivity index (χ0n) is 10.9. The standard InChI is InChI=1S/C15H11N5O/c21-15(10-5-6-20-9-16-8-11(20)7-10)17-14-12-3-1-2-4-13(12)18-19-14/h1-9H,(H2,17,18,19,21). The molecule has 1 aromatic carbocycles. The lowest BCUT2D eigenvalue weighted by Gasteiger charge is -2.03. The van der Waals surface area contributed by atoms with Crippen molar-refractivity contribution in [1.82, 2.24) is 19.6 Å². The monoisotopic (exact) mass is 277 g/mol. The van der Waals surface area contributed by atoms with E-state index in [1.165, 1.54) is 0 Å². The van der Waals surface area contributed by atoms with E-state index in [2.05, 4.69) is 20.5 Å². The molecule has 3 aromatic heterocycles. The summed E-state index contributed by atoms with van der Waals surface area (Å²) in [7, 11) is 0. The number of aromatic nitrogens is 4. The van der Waals surface area contributed by atoms with Gasteiger partial charge < -0.3 is 9.72 Å². The van der Waals surface area contributed by atoms with Gasteiger partial charge in [-0.2, -0.15) is 5.10 Å². The Morgan fingerprint density at radius 1 is 1.24 bits per heavy atom. The first kappa shape index (κ1) is 11.7. The fourth-order valence-corrected chi connectivity index (χ4v) is 2.30. The average Bonchev–Trinajstić information content (AvgIpc) is 3.13. The summed E-state index contributed by atoms with van der Waals surface area (Å²) in [4.78, 5) is 16.4. The average molecular weight is 277 g/mol. The smallest absolute Gasteiger partial charge is 0.257 e. The number of H-pyrrole nitrogens is 1. The molecule has 0 spiro atoms. The molecular weight excluding hydrogens is 266 g/mol. The maximum atomic E-state index is 12.3. The summed E-state index contributed by atoms with van der Waals surface area (Å²) in [6, 6.07) is 11.2. The molecule has 4 rings (SSSR count). The second-order valence-corrected chi connectivity index (χ2v) is 4.71. The molecule has 0 aliphatic rings. The van der Waals surface area contributed by atoms with Crippen molar-refractivity contribution in [2.24, 2.45) is 0 Å². The summed E-state index contributed by atoms with van der Waals surface area (Å²) in [6.07, 6.45) is 5.21. The Balaban J connectivity index is 1.68. The second-order valence-electron chi connectivity index (χ2n) is 4.71. The van der Waals surface area contributed by atoms with Crippen LogP contribution in [0.15, 0.2) is 55.1 Å². The van der Waals surface area contributed by atoms with Crippen LogP contribution in [0, 0.1) is 0 Å². The van der Waals surface area contributed by atoms with Crippen LogP contribution in [0.2, 0.25) is 0 Å². The number of rotatable bonds is 2. The molecule has 0 saturated carbocycles. The van der Waals surface area contributed by atoms with Crippen LogP contribution < -0.4 is 5.32 Å². The van der Waals surface area contributed by atoms with Crippen LogP contribution in [-0.4, -0.2) is 25.5 Å². The molecule has 4 aromatic rings. The van der Waals surface area contributed by atoms with Crippen molar-refractivity contribution < 1.29 is 4.79 Å². The molecule has 102 valence electrons. The van der Waals surface area contributed by atoms with Crippen LogP contribution in [-0.2, 0) is 0 Å². The number of carbonyl (C=O) groups is 1. The van der Waals surface area contributed by atoms with E-state index in [0.29, 0.717) is 11.4 Å². The van der Waals surface area contributed by atoms with Crippen molar-refractivity contribution in [2.45, 2.75) is 0 Å². The van der Waals surface area contributed by atoms with Gasteiger partial charge in [-0.05, 0) is 24.3 Å². The van der Waals surface area contributed by atoms with Gasteiger partial charge in [-0.1, -0.05) is 12.1 Å². The van der Waals surface area contributed by atoms with E-state index in [1.807, 2.05) is 28.7 Å². The minimum atomic E-state index is -0.198. The zero-order valence-corrected chi connectivity index (χ0v) is 10.9. The molecule has 0 bridgehead atoms. The Hall–Kier alpha value is -3.15. The molecule has 0 saturated heterocycles. The number of aromatic amines is 1. The van der Waals surface area contributed by atoms with E-state index < -0.39 is 0 Å². The van der Waals surface area contributed by atoms with Crippen LogP contribution in [0.1, 0.15) is 10.4 Å².